The molecule has 0 saturated heterocycles. The topological polar surface area (TPSA) is 9.23 Å². The summed E-state index contributed by atoms with van der Waals surface area (Å²) in [6.07, 6.45) is 4.35. The Bertz CT molecular complexity index is 146. The van der Waals surface area contributed by atoms with Crippen molar-refractivity contribution in [1.82, 2.24) is 0 Å². The molecule has 0 bridgehead atoms. The fraction of sp³-hybridized carbons (Fsp3) is 0.917. The minimum Gasteiger partial charge on any atom is -0.372 e. The Kier molecular flexibility index (Phi) is 9.78. The summed E-state index contributed by atoms with van der Waals surface area (Å²) in [5, 5.41) is 0. The van der Waals surface area contributed by atoms with E-state index < -0.39 is 12.8 Å². The van der Waals surface area contributed by atoms with Crippen molar-refractivity contribution in [3.05, 3.63) is 6.92 Å². The van der Waals surface area contributed by atoms with Crippen LogP contribution in [0.5, 0.6) is 0 Å². The van der Waals surface area contributed by atoms with Crippen LogP contribution >= 0.6 is 0 Å². The molecule has 0 N–H and O–H groups in total. The van der Waals surface area contributed by atoms with Gasteiger partial charge in [-0.15, -0.1) is 0 Å². The number of rotatable bonds is 10. The fourth-order valence-corrected chi connectivity index (χ4v) is 1.45. The van der Waals surface area contributed by atoms with Crippen LogP contribution in [0.4, 0.5) is 13.2 Å². The molecule has 0 heterocycles. The summed E-state index contributed by atoms with van der Waals surface area (Å²) in [4.78, 5) is 0. The van der Waals surface area contributed by atoms with E-state index in [0.29, 0.717) is 0 Å². The number of unbranched alkanes of at least 4 members (excludes halogenated alkanes) is 7. The van der Waals surface area contributed by atoms with Gasteiger partial charge < -0.3 is 4.74 Å². The van der Waals surface area contributed by atoms with Gasteiger partial charge in [-0.3, -0.25) is 0 Å². The van der Waals surface area contributed by atoms with Crippen molar-refractivity contribution in [2.75, 3.05) is 13.2 Å². The first-order valence-electron chi connectivity index (χ1n) is 6.00. The van der Waals surface area contributed by atoms with Crippen LogP contribution in [0.2, 0.25) is 0 Å². The third kappa shape index (κ3) is 13.8. The van der Waals surface area contributed by atoms with Gasteiger partial charge in [-0.05, 0) is 6.42 Å². The summed E-state index contributed by atoms with van der Waals surface area (Å²) in [5.74, 6) is 0. The smallest absolute Gasteiger partial charge is 0.372 e. The lowest BCUT2D eigenvalue weighted by Crippen LogP contribution is -2.17. The van der Waals surface area contributed by atoms with Crippen molar-refractivity contribution in [3.8, 4) is 0 Å². The number of ether oxygens (including phenoxy) is 1. The van der Waals surface area contributed by atoms with Gasteiger partial charge in [-0.2, -0.15) is 13.2 Å². The zero-order chi connectivity index (χ0) is 12.3. The second-order valence-corrected chi connectivity index (χ2v) is 4.00. The molecule has 0 aromatic carbocycles. The van der Waals surface area contributed by atoms with Crippen LogP contribution < -0.4 is 0 Å². The van der Waals surface area contributed by atoms with Crippen LogP contribution in [-0.2, 0) is 4.74 Å². The summed E-state index contributed by atoms with van der Waals surface area (Å²) >= 11 is 0. The molecule has 1 radical (unpaired) electrons. The third-order valence-corrected chi connectivity index (χ3v) is 2.30. The molecule has 0 spiro atoms. The lowest BCUT2D eigenvalue weighted by atomic mass is 10.1. The van der Waals surface area contributed by atoms with Gasteiger partial charge in [0.25, 0.3) is 0 Å². The first-order chi connectivity index (χ1) is 7.56. The molecule has 0 aliphatic rings. The van der Waals surface area contributed by atoms with Crippen molar-refractivity contribution in [2.45, 2.75) is 57.5 Å². The molecule has 0 aromatic rings. The molecule has 0 aliphatic heterocycles. The Morgan fingerprint density at radius 1 is 0.812 bits per heavy atom. The zero-order valence-electron chi connectivity index (χ0n) is 9.82. The van der Waals surface area contributed by atoms with Crippen molar-refractivity contribution < 1.29 is 17.9 Å². The molecule has 1 nitrogen and oxygen atoms in total. The van der Waals surface area contributed by atoms with Crippen molar-refractivity contribution in [3.63, 3.8) is 0 Å². The second-order valence-electron chi connectivity index (χ2n) is 4.00. The van der Waals surface area contributed by atoms with Crippen LogP contribution in [0.1, 0.15) is 51.4 Å². The van der Waals surface area contributed by atoms with Gasteiger partial charge in [-0.25, -0.2) is 0 Å². The molecule has 0 rings (SSSR count). The van der Waals surface area contributed by atoms with E-state index in [0.717, 1.165) is 25.7 Å². The molecule has 0 saturated carbocycles. The van der Waals surface area contributed by atoms with Crippen molar-refractivity contribution >= 4 is 0 Å². The van der Waals surface area contributed by atoms with Gasteiger partial charge in [0, 0.05) is 6.61 Å². The first kappa shape index (κ1) is 15.8. The van der Waals surface area contributed by atoms with Crippen molar-refractivity contribution in [1.29, 1.82) is 0 Å². The molecule has 0 unspecified atom stereocenters. The Labute approximate surface area is 96.4 Å². The maximum Gasteiger partial charge on any atom is 0.411 e. The van der Waals surface area contributed by atoms with Crippen molar-refractivity contribution in [2.24, 2.45) is 0 Å². The van der Waals surface area contributed by atoms with Gasteiger partial charge in [0.1, 0.15) is 6.61 Å². The molecule has 4 heteroatoms. The minimum atomic E-state index is -4.19. The van der Waals surface area contributed by atoms with E-state index >= 15 is 0 Å². The lowest BCUT2D eigenvalue weighted by Gasteiger charge is -2.07. The number of alkyl halides is 3. The monoisotopic (exact) mass is 239 g/mol. The standard InChI is InChI=1S/C12H22F3O/c1-2-3-4-5-6-7-8-9-10-16-11-12(13,14)15/h1-11H2. The van der Waals surface area contributed by atoms with E-state index in [1.165, 1.54) is 25.7 Å². The quantitative estimate of drug-likeness (QED) is 0.509. The lowest BCUT2D eigenvalue weighted by molar-refractivity contribution is -0.174. The molecule has 97 valence electrons. The van der Waals surface area contributed by atoms with Crippen LogP contribution in [0.25, 0.3) is 0 Å². The van der Waals surface area contributed by atoms with Crippen LogP contribution in [0.15, 0.2) is 0 Å². The molecule has 0 amide bonds. The van der Waals surface area contributed by atoms with Gasteiger partial charge in [-0.1, -0.05) is 51.9 Å². The Morgan fingerprint density at radius 2 is 1.31 bits per heavy atom. The number of hydrogen-bond donors (Lipinski definition) is 0. The zero-order valence-corrected chi connectivity index (χ0v) is 9.82. The van der Waals surface area contributed by atoms with Gasteiger partial charge in [0.15, 0.2) is 0 Å². The highest BCUT2D eigenvalue weighted by atomic mass is 19.4. The molecular weight excluding hydrogens is 217 g/mol. The predicted octanol–water partition coefficient (Wildman–Crippen LogP) is 4.52. The maximum atomic E-state index is 11.7. The van der Waals surface area contributed by atoms with E-state index in [-0.39, 0.29) is 6.61 Å². The summed E-state index contributed by atoms with van der Waals surface area (Å²) in [5.41, 5.74) is 0. The largest absolute Gasteiger partial charge is 0.411 e. The van der Waals surface area contributed by atoms with Gasteiger partial charge in [0.05, 0.1) is 0 Å². The summed E-state index contributed by atoms with van der Waals surface area (Å²) in [6, 6.07) is 0. The average molecular weight is 239 g/mol. The molecule has 0 atom stereocenters. The number of hydrogen-bond acceptors (Lipinski definition) is 1. The predicted molar refractivity (Wildman–Crippen MR) is 59.2 cm³/mol. The van der Waals surface area contributed by atoms with E-state index in [1.807, 2.05) is 0 Å². The molecular formula is C12H22F3O. The first-order valence-corrected chi connectivity index (χ1v) is 6.00. The molecule has 0 fully saturated rings. The summed E-state index contributed by atoms with van der Waals surface area (Å²) < 4.78 is 39.5. The van der Waals surface area contributed by atoms with E-state index in [4.69, 9.17) is 0 Å². The molecule has 0 aromatic heterocycles. The number of halogens is 3. The minimum absolute atomic E-state index is 0.221. The van der Waals surface area contributed by atoms with Crippen LogP contribution in [0.3, 0.4) is 0 Å². The average Bonchev–Trinajstić information content (AvgIpc) is 2.19. The van der Waals surface area contributed by atoms with E-state index in [9.17, 15) is 13.2 Å². The SMILES string of the molecule is [CH2]CCCCCCCCCOCC(F)(F)F. The Balaban J connectivity index is 2.99. The highest BCUT2D eigenvalue weighted by Gasteiger charge is 2.26. The summed E-state index contributed by atoms with van der Waals surface area (Å²) in [6.45, 7) is 2.87. The van der Waals surface area contributed by atoms with Crippen LogP contribution in [-0.4, -0.2) is 19.4 Å². The fourth-order valence-electron chi connectivity index (χ4n) is 1.45. The highest BCUT2D eigenvalue weighted by Crippen LogP contribution is 2.15. The molecule has 16 heavy (non-hydrogen) atoms. The molecule has 0 aliphatic carbocycles. The van der Waals surface area contributed by atoms with E-state index in [2.05, 4.69) is 11.7 Å². The van der Waals surface area contributed by atoms with E-state index in [1.54, 1.807) is 0 Å². The summed E-state index contributed by atoms with van der Waals surface area (Å²) in [7, 11) is 0. The maximum absolute atomic E-state index is 11.7. The van der Waals surface area contributed by atoms with Gasteiger partial charge in [0.2, 0.25) is 0 Å². The van der Waals surface area contributed by atoms with Crippen LogP contribution in [0, 0.1) is 6.92 Å². The normalized spacial score (nSPS) is 12.0. The Hall–Kier alpha value is -0.250. The third-order valence-electron chi connectivity index (χ3n) is 2.30. The Morgan fingerprint density at radius 3 is 1.81 bits per heavy atom. The highest BCUT2D eigenvalue weighted by molar-refractivity contribution is 4.49. The van der Waals surface area contributed by atoms with Gasteiger partial charge >= 0.3 is 6.18 Å². The second kappa shape index (κ2) is 9.94.